The van der Waals surface area contributed by atoms with E-state index < -0.39 is 0 Å². The lowest BCUT2D eigenvalue weighted by Crippen LogP contribution is -2.62. The van der Waals surface area contributed by atoms with E-state index >= 15 is 0 Å². The van der Waals surface area contributed by atoms with Crippen LogP contribution >= 0.6 is 16.7 Å². The van der Waals surface area contributed by atoms with Crippen LogP contribution < -0.4 is 0 Å². The third kappa shape index (κ3) is 11.9. The highest BCUT2D eigenvalue weighted by atomic mass is 31.2. The number of rotatable bonds is 12. The van der Waals surface area contributed by atoms with Gasteiger partial charge < -0.3 is 0 Å². The second-order valence-corrected chi connectivity index (χ2v) is 21.8. The molecule has 6 fully saturated rings. The molecule has 9 heteroatoms. The van der Waals surface area contributed by atoms with Crippen molar-refractivity contribution in [3.05, 3.63) is 0 Å². The molecule has 0 atom stereocenters. The SMILES string of the molecule is CC(C)CN1CC2(C)CN(CC(C)C)P1N(CC(C)C)C2.CC(C)CN1CCN2CCN(CC(C)C)P1N(CC(C)C)CC2. The molecule has 0 amide bonds. The molecule has 6 aliphatic rings. The normalized spacial score (nSPS) is 30.2. The third-order valence-electron chi connectivity index (χ3n) is 8.69. The van der Waals surface area contributed by atoms with Crippen LogP contribution in [0.1, 0.15) is 90.0 Å². The maximum absolute atomic E-state index is 2.83. The van der Waals surface area contributed by atoms with E-state index in [2.05, 4.69) is 123 Å². The average Bonchev–Trinajstić information content (AvgIpc) is 2.82. The Kier molecular flexibility index (Phi) is 15.8. The van der Waals surface area contributed by atoms with Crippen molar-refractivity contribution >= 4 is 16.7 Å². The summed E-state index contributed by atoms with van der Waals surface area (Å²) in [6.45, 7) is 49.8. The van der Waals surface area contributed by atoms with E-state index in [1.54, 1.807) is 0 Å². The van der Waals surface area contributed by atoms with E-state index in [0.717, 1.165) is 35.5 Å². The van der Waals surface area contributed by atoms with Gasteiger partial charge in [-0.2, -0.15) is 0 Å². The molecular weight excluding hydrogens is 580 g/mol. The summed E-state index contributed by atoms with van der Waals surface area (Å²) in [6, 6.07) is 0. The summed E-state index contributed by atoms with van der Waals surface area (Å²) >= 11 is 0. The van der Waals surface area contributed by atoms with Crippen LogP contribution in [0, 0.1) is 40.9 Å². The zero-order valence-corrected chi connectivity index (χ0v) is 33.4. The molecule has 4 bridgehead atoms. The molecule has 0 N–H and O–H groups in total. The second kappa shape index (κ2) is 17.8. The molecule has 0 aromatic heterocycles. The minimum Gasteiger partial charge on any atom is -0.299 e. The van der Waals surface area contributed by atoms with E-state index in [9.17, 15) is 0 Å². The summed E-state index contributed by atoms with van der Waals surface area (Å²) in [5.41, 5.74) is 0.454. The smallest absolute Gasteiger partial charge is 0.120 e. The van der Waals surface area contributed by atoms with Crippen molar-refractivity contribution in [2.24, 2.45) is 40.9 Å². The van der Waals surface area contributed by atoms with Crippen molar-refractivity contribution in [1.82, 2.24) is 32.9 Å². The van der Waals surface area contributed by atoms with Gasteiger partial charge in [-0.15, -0.1) is 0 Å². The first-order chi connectivity index (χ1) is 20.6. The van der Waals surface area contributed by atoms with Crippen molar-refractivity contribution < 1.29 is 0 Å². The Hall–Kier alpha value is 0.580. The van der Waals surface area contributed by atoms with Crippen molar-refractivity contribution in [2.45, 2.75) is 90.0 Å². The highest BCUT2D eigenvalue weighted by Gasteiger charge is 2.50. The predicted molar refractivity (Wildman–Crippen MR) is 197 cm³/mol. The van der Waals surface area contributed by atoms with Gasteiger partial charge in [0.15, 0.2) is 0 Å². The summed E-state index contributed by atoms with van der Waals surface area (Å²) in [5.74, 6) is 4.52. The molecule has 0 saturated carbocycles. The Labute approximate surface area is 278 Å². The monoisotopic (exact) mass is 656 g/mol. The molecule has 0 unspecified atom stereocenters. The topological polar surface area (TPSA) is 22.7 Å². The minimum atomic E-state index is -0.292. The van der Waals surface area contributed by atoms with E-state index in [4.69, 9.17) is 0 Å². The molecule has 260 valence electrons. The van der Waals surface area contributed by atoms with Crippen LogP contribution in [0.25, 0.3) is 0 Å². The Morgan fingerprint density at radius 1 is 0.386 bits per heavy atom. The summed E-state index contributed by atoms with van der Waals surface area (Å²) in [4.78, 5) is 2.69. The molecular formula is C35H75N7P2. The largest absolute Gasteiger partial charge is 0.299 e. The van der Waals surface area contributed by atoms with Crippen molar-refractivity contribution in [3.63, 3.8) is 0 Å². The Morgan fingerprint density at radius 2 is 0.614 bits per heavy atom. The summed E-state index contributed by atoms with van der Waals surface area (Å²) in [5, 5.41) is 0. The van der Waals surface area contributed by atoms with Gasteiger partial charge in [0.1, 0.15) is 16.7 Å². The minimum absolute atomic E-state index is 0.223. The number of hydrogen-bond acceptors (Lipinski definition) is 7. The molecule has 44 heavy (non-hydrogen) atoms. The predicted octanol–water partition coefficient (Wildman–Crippen LogP) is 7.54. The zero-order chi connectivity index (χ0) is 32.8. The van der Waals surface area contributed by atoms with Gasteiger partial charge >= 0.3 is 0 Å². The lowest BCUT2D eigenvalue weighted by Gasteiger charge is -2.61. The first-order valence-corrected chi connectivity index (χ1v) is 20.8. The standard InChI is InChI=1S/C18H39N4P.C17H36N3P/c1-16(2)13-20-10-7-19-8-11-21(14-17(3)4)23(20)22(12-9-19)15-18(5)6;1-14(2)8-18-11-17(7)12-19(9-15(3)4)21(18)20(13-17)10-16(5)6/h16-18H,7-15H2,1-6H3;14-16H,8-13H2,1-7H3. The number of hydrogen-bond donors (Lipinski definition) is 0. The van der Waals surface area contributed by atoms with Crippen molar-refractivity contribution in [1.29, 1.82) is 0 Å². The van der Waals surface area contributed by atoms with E-state index in [1.807, 2.05) is 0 Å². The van der Waals surface area contributed by atoms with Crippen LogP contribution in [0.5, 0.6) is 0 Å². The number of fused-ring (bicyclic) bond motifs is 9. The van der Waals surface area contributed by atoms with Crippen LogP contribution in [0.3, 0.4) is 0 Å². The molecule has 0 radical (unpaired) electrons. The van der Waals surface area contributed by atoms with Crippen molar-refractivity contribution in [3.8, 4) is 0 Å². The second-order valence-electron chi connectivity index (χ2n) is 17.3. The molecule has 0 aromatic rings. The molecule has 6 heterocycles. The van der Waals surface area contributed by atoms with Gasteiger partial charge in [0.2, 0.25) is 0 Å². The lowest BCUT2D eigenvalue weighted by atomic mass is 9.89. The molecule has 0 aliphatic carbocycles. The maximum Gasteiger partial charge on any atom is 0.120 e. The van der Waals surface area contributed by atoms with Gasteiger partial charge in [0, 0.05) is 104 Å². The molecule has 7 nitrogen and oxygen atoms in total. The lowest BCUT2D eigenvalue weighted by molar-refractivity contribution is 0.0599. The van der Waals surface area contributed by atoms with Gasteiger partial charge in [-0.25, -0.2) is 0 Å². The molecule has 6 saturated heterocycles. The first-order valence-electron chi connectivity index (χ1n) is 18.4. The summed E-state index contributed by atoms with van der Waals surface area (Å²) in [7, 11) is -0.515. The van der Waals surface area contributed by atoms with E-state index in [0.29, 0.717) is 5.41 Å². The molecule has 0 spiro atoms. The molecule has 0 aromatic carbocycles. The van der Waals surface area contributed by atoms with E-state index in [1.165, 1.54) is 98.2 Å². The molecule has 6 rings (SSSR count). The third-order valence-corrected chi connectivity index (χ3v) is 13.7. The van der Waals surface area contributed by atoms with Gasteiger partial charge in [-0.3, -0.25) is 32.9 Å². The van der Waals surface area contributed by atoms with Gasteiger partial charge in [-0.1, -0.05) is 90.0 Å². The Bertz CT molecular complexity index is 720. The van der Waals surface area contributed by atoms with Crippen LogP contribution in [0.15, 0.2) is 0 Å². The van der Waals surface area contributed by atoms with Crippen molar-refractivity contribution in [2.75, 3.05) is 98.2 Å². The average molecular weight is 656 g/mol. The Morgan fingerprint density at radius 3 is 0.864 bits per heavy atom. The van der Waals surface area contributed by atoms with Crippen LogP contribution in [-0.2, 0) is 0 Å². The fraction of sp³-hybridized carbons (Fsp3) is 1.00. The van der Waals surface area contributed by atoms with E-state index in [-0.39, 0.29) is 16.7 Å². The van der Waals surface area contributed by atoms with Gasteiger partial charge in [0.05, 0.1) is 0 Å². The van der Waals surface area contributed by atoms with Gasteiger partial charge in [-0.05, 0) is 35.5 Å². The van der Waals surface area contributed by atoms with Gasteiger partial charge in [0.25, 0.3) is 0 Å². The fourth-order valence-electron chi connectivity index (χ4n) is 7.54. The highest BCUT2D eigenvalue weighted by Crippen LogP contribution is 2.60. The summed E-state index contributed by atoms with van der Waals surface area (Å²) in [6.07, 6.45) is 0. The van der Waals surface area contributed by atoms with Crippen LogP contribution in [-0.4, -0.2) is 131 Å². The summed E-state index contributed by atoms with van der Waals surface area (Å²) < 4.78 is 16.9. The fourth-order valence-corrected chi connectivity index (χ4v) is 14.7. The van der Waals surface area contributed by atoms with Crippen LogP contribution in [0.4, 0.5) is 0 Å². The number of nitrogens with zero attached hydrogens (tertiary/aromatic N) is 7. The Balaban J connectivity index is 0.000000241. The molecule has 6 aliphatic heterocycles. The quantitative estimate of drug-likeness (QED) is 0.200. The maximum atomic E-state index is 2.83. The first kappa shape index (κ1) is 39.0. The van der Waals surface area contributed by atoms with Crippen LogP contribution in [0.2, 0.25) is 0 Å². The zero-order valence-electron chi connectivity index (χ0n) is 31.6. The highest BCUT2D eigenvalue weighted by molar-refractivity contribution is 7.50.